The summed E-state index contributed by atoms with van der Waals surface area (Å²) in [6.07, 6.45) is 0.665. The topological polar surface area (TPSA) is 85.6 Å². The predicted octanol–water partition coefficient (Wildman–Crippen LogP) is 4.11. The molecule has 0 unspecified atom stereocenters. The van der Waals surface area contributed by atoms with Crippen molar-refractivity contribution in [2.24, 2.45) is 0 Å². The molecular weight excluding hydrogens is 394 g/mol. The van der Waals surface area contributed by atoms with E-state index in [-0.39, 0.29) is 24.1 Å². The summed E-state index contributed by atoms with van der Waals surface area (Å²) in [5, 5.41) is 3.98. The van der Waals surface area contributed by atoms with Crippen LogP contribution >= 0.6 is 11.6 Å². The molecular formula is C22H20ClNO5. The second-order valence-electron chi connectivity index (χ2n) is 6.63. The van der Waals surface area contributed by atoms with Crippen LogP contribution in [0, 0.1) is 6.92 Å². The van der Waals surface area contributed by atoms with Gasteiger partial charge in [0.15, 0.2) is 12.4 Å². The zero-order chi connectivity index (χ0) is 21.0. The number of halogens is 1. The summed E-state index contributed by atoms with van der Waals surface area (Å²) >= 11 is 5.98. The van der Waals surface area contributed by atoms with E-state index in [2.05, 4.69) is 5.32 Å². The summed E-state index contributed by atoms with van der Waals surface area (Å²) in [5.41, 5.74) is 2.57. The van der Waals surface area contributed by atoms with Crippen molar-refractivity contribution in [1.82, 2.24) is 5.32 Å². The Morgan fingerprint density at radius 3 is 2.52 bits per heavy atom. The number of nitrogens with one attached hydrogen (secondary N) is 1. The van der Waals surface area contributed by atoms with Crippen LogP contribution in [0.5, 0.6) is 0 Å². The van der Waals surface area contributed by atoms with E-state index in [0.29, 0.717) is 34.7 Å². The van der Waals surface area contributed by atoms with E-state index in [1.807, 2.05) is 12.1 Å². The summed E-state index contributed by atoms with van der Waals surface area (Å²) < 4.78 is 10.7. The van der Waals surface area contributed by atoms with E-state index in [1.165, 1.54) is 6.92 Å². The molecule has 0 aliphatic heterocycles. The number of furan rings is 1. The van der Waals surface area contributed by atoms with Gasteiger partial charge in [0.2, 0.25) is 11.7 Å². The number of carbonyl (C=O) groups excluding carboxylic acids is 3. The van der Waals surface area contributed by atoms with Crippen LogP contribution in [-0.4, -0.2) is 30.8 Å². The molecule has 6 nitrogen and oxygen atoms in total. The Morgan fingerprint density at radius 2 is 1.83 bits per heavy atom. The molecule has 0 saturated carbocycles. The van der Waals surface area contributed by atoms with Gasteiger partial charge in [0.25, 0.3) is 0 Å². The zero-order valence-electron chi connectivity index (χ0n) is 16.1. The predicted molar refractivity (Wildman–Crippen MR) is 109 cm³/mol. The number of ketones is 1. The molecule has 1 N–H and O–H groups in total. The highest BCUT2D eigenvalue weighted by Gasteiger charge is 2.20. The average molecular weight is 414 g/mol. The molecule has 3 rings (SSSR count). The molecule has 7 heteroatoms. The van der Waals surface area contributed by atoms with Gasteiger partial charge in [-0.2, -0.15) is 0 Å². The Morgan fingerprint density at radius 1 is 1.10 bits per heavy atom. The molecule has 0 spiro atoms. The first-order valence-corrected chi connectivity index (χ1v) is 9.45. The van der Waals surface area contributed by atoms with E-state index in [0.717, 1.165) is 10.9 Å². The number of aryl methyl sites for hydroxylation is 1. The Hall–Kier alpha value is -3.12. The highest BCUT2D eigenvalue weighted by atomic mass is 35.5. The van der Waals surface area contributed by atoms with Gasteiger partial charge in [-0.05, 0) is 37.1 Å². The molecule has 0 aliphatic rings. The lowest BCUT2D eigenvalue weighted by Gasteiger charge is -2.06. The number of amides is 1. The van der Waals surface area contributed by atoms with E-state index < -0.39 is 5.97 Å². The van der Waals surface area contributed by atoms with Crippen molar-refractivity contribution in [2.45, 2.75) is 20.3 Å². The lowest BCUT2D eigenvalue weighted by Crippen LogP contribution is -2.22. The van der Waals surface area contributed by atoms with E-state index in [1.54, 1.807) is 37.3 Å². The fraction of sp³-hybridized carbons (Fsp3) is 0.227. The Kier molecular flexibility index (Phi) is 6.34. The Balaban J connectivity index is 1.59. The van der Waals surface area contributed by atoms with Gasteiger partial charge in [0.05, 0.1) is 0 Å². The second-order valence-corrected chi connectivity index (χ2v) is 7.06. The second kappa shape index (κ2) is 8.92. The van der Waals surface area contributed by atoms with Gasteiger partial charge in [-0.25, -0.2) is 4.79 Å². The molecule has 0 aliphatic carbocycles. The fourth-order valence-corrected chi connectivity index (χ4v) is 3.08. The summed E-state index contributed by atoms with van der Waals surface area (Å²) in [6.45, 7) is 3.34. The fourth-order valence-electron chi connectivity index (χ4n) is 2.91. The van der Waals surface area contributed by atoms with Crippen molar-refractivity contribution in [3.8, 4) is 0 Å². The van der Waals surface area contributed by atoms with Crippen LogP contribution < -0.4 is 5.32 Å². The SMILES string of the molecule is CC(=O)NCCc1ccc(C(=O)COC(=O)c2oc3ccc(Cl)cc3c2C)cc1. The first kappa shape index (κ1) is 20.6. The molecule has 0 saturated heterocycles. The zero-order valence-corrected chi connectivity index (χ0v) is 16.8. The number of fused-ring (bicyclic) bond motifs is 1. The lowest BCUT2D eigenvalue weighted by atomic mass is 10.1. The maximum atomic E-state index is 12.3. The van der Waals surface area contributed by atoms with E-state index in [4.69, 9.17) is 20.8 Å². The van der Waals surface area contributed by atoms with Crippen LogP contribution in [0.2, 0.25) is 5.02 Å². The molecule has 0 radical (unpaired) electrons. The van der Waals surface area contributed by atoms with Crippen LogP contribution in [0.4, 0.5) is 0 Å². The quantitative estimate of drug-likeness (QED) is 0.465. The van der Waals surface area contributed by atoms with Crippen LogP contribution in [0.25, 0.3) is 11.0 Å². The van der Waals surface area contributed by atoms with Gasteiger partial charge in [-0.3, -0.25) is 9.59 Å². The normalized spacial score (nSPS) is 10.7. The van der Waals surface area contributed by atoms with Gasteiger partial charge >= 0.3 is 5.97 Å². The monoisotopic (exact) mass is 413 g/mol. The third-order valence-electron chi connectivity index (χ3n) is 4.48. The first-order chi connectivity index (χ1) is 13.8. The minimum absolute atomic E-state index is 0.0587. The first-order valence-electron chi connectivity index (χ1n) is 9.07. The number of benzene rings is 2. The molecule has 0 fully saturated rings. The van der Waals surface area contributed by atoms with Gasteiger partial charge < -0.3 is 14.5 Å². The van der Waals surface area contributed by atoms with Gasteiger partial charge in [-0.15, -0.1) is 0 Å². The number of rotatable bonds is 7. The Labute approximate surface area is 172 Å². The van der Waals surface area contributed by atoms with Gasteiger partial charge in [0.1, 0.15) is 5.58 Å². The third kappa shape index (κ3) is 5.03. The highest BCUT2D eigenvalue weighted by Crippen LogP contribution is 2.28. The summed E-state index contributed by atoms with van der Waals surface area (Å²) in [5.74, 6) is -1.04. The summed E-state index contributed by atoms with van der Waals surface area (Å²) in [7, 11) is 0. The van der Waals surface area contributed by atoms with Gasteiger partial charge in [0, 0.05) is 35.0 Å². The molecule has 1 amide bonds. The average Bonchev–Trinajstić information content (AvgIpc) is 3.02. The van der Waals surface area contributed by atoms with Crippen molar-refractivity contribution in [3.63, 3.8) is 0 Å². The van der Waals surface area contributed by atoms with Gasteiger partial charge in [-0.1, -0.05) is 35.9 Å². The minimum Gasteiger partial charge on any atom is -0.451 e. The molecule has 29 heavy (non-hydrogen) atoms. The number of carbonyl (C=O) groups is 3. The Bertz CT molecular complexity index is 1070. The smallest absolute Gasteiger partial charge is 0.375 e. The maximum absolute atomic E-state index is 12.3. The lowest BCUT2D eigenvalue weighted by molar-refractivity contribution is -0.118. The van der Waals surface area contributed by atoms with Crippen molar-refractivity contribution < 1.29 is 23.5 Å². The molecule has 1 heterocycles. The summed E-state index contributed by atoms with van der Waals surface area (Å²) in [4.78, 5) is 35.5. The number of hydrogen-bond acceptors (Lipinski definition) is 5. The number of ether oxygens (including phenoxy) is 1. The number of esters is 1. The molecule has 2 aromatic carbocycles. The highest BCUT2D eigenvalue weighted by molar-refractivity contribution is 6.31. The maximum Gasteiger partial charge on any atom is 0.375 e. The summed E-state index contributed by atoms with van der Waals surface area (Å²) in [6, 6.07) is 12.0. The molecule has 150 valence electrons. The van der Waals surface area contributed by atoms with Crippen LogP contribution in [0.1, 0.15) is 39.0 Å². The van der Waals surface area contributed by atoms with Crippen molar-refractivity contribution in [1.29, 1.82) is 0 Å². The van der Waals surface area contributed by atoms with Crippen molar-refractivity contribution in [3.05, 3.63) is 69.9 Å². The molecule has 0 atom stereocenters. The van der Waals surface area contributed by atoms with Crippen LogP contribution in [-0.2, 0) is 16.0 Å². The standard InChI is InChI=1S/C22H20ClNO5/c1-13-18-11-17(23)7-8-20(18)29-21(13)22(27)28-12-19(26)16-5-3-15(4-6-16)9-10-24-14(2)25/h3-8,11H,9-10,12H2,1-2H3,(H,24,25). The van der Waals surface area contributed by atoms with Crippen LogP contribution in [0.15, 0.2) is 46.9 Å². The van der Waals surface area contributed by atoms with Crippen molar-refractivity contribution >= 4 is 40.2 Å². The number of Topliss-reactive ketones (excluding diaryl/α,β-unsaturated/α-hetero) is 1. The van der Waals surface area contributed by atoms with E-state index >= 15 is 0 Å². The largest absolute Gasteiger partial charge is 0.451 e. The van der Waals surface area contributed by atoms with E-state index in [9.17, 15) is 14.4 Å². The van der Waals surface area contributed by atoms with Crippen molar-refractivity contribution in [2.75, 3.05) is 13.2 Å². The minimum atomic E-state index is -0.699. The van der Waals surface area contributed by atoms with Crippen LogP contribution in [0.3, 0.4) is 0 Å². The molecule has 0 bridgehead atoms. The third-order valence-corrected chi connectivity index (χ3v) is 4.72. The molecule has 3 aromatic rings. The molecule has 1 aromatic heterocycles. The number of hydrogen-bond donors (Lipinski definition) is 1.